The normalized spacial score (nSPS) is 20.7. The van der Waals surface area contributed by atoms with Crippen LogP contribution in [0.4, 0.5) is 5.69 Å². The summed E-state index contributed by atoms with van der Waals surface area (Å²) in [5.74, 6) is 0.905. The van der Waals surface area contributed by atoms with E-state index >= 15 is 0 Å². The highest BCUT2D eigenvalue weighted by Crippen LogP contribution is 2.26. The molecular formula is C12H18N2O. The highest BCUT2D eigenvalue weighted by atomic mass is 16.5. The molecule has 1 saturated heterocycles. The maximum atomic E-state index is 5.75. The quantitative estimate of drug-likeness (QED) is 0.816. The highest BCUT2D eigenvalue weighted by molar-refractivity contribution is 5.50. The fraction of sp³-hybridized carbons (Fsp3) is 0.500. The van der Waals surface area contributed by atoms with Crippen LogP contribution in [-0.2, 0) is 0 Å². The summed E-state index contributed by atoms with van der Waals surface area (Å²) >= 11 is 0. The van der Waals surface area contributed by atoms with Crippen LogP contribution in [-0.4, -0.2) is 26.2 Å². The fourth-order valence-corrected chi connectivity index (χ4v) is 2.19. The Morgan fingerprint density at radius 1 is 1.40 bits per heavy atom. The summed E-state index contributed by atoms with van der Waals surface area (Å²) < 4.78 is 5.14. The first kappa shape index (κ1) is 10.3. The van der Waals surface area contributed by atoms with Gasteiger partial charge in [-0.25, -0.2) is 0 Å². The molecule has 1 aromatic rings. The number of hydrogen-bond acceptors (Lipinski definition) is 3. The monoisotopic (exact) mass is 206 g/mol. The Kier molecular flexibility index (Phi) is 3.11. The zero-order chi connectivity index (χ0) is 10.7. The number of rotatable bonds is 3. The zero-order valence-electron chi connectivity index (χ0n) is 9.15. The van der Waals surface area contributed by atoms with Crippen molar-refractivity contribution in [3.05, 3.63) is 24.3 Å². The SMILES string of the molecule is COc1ccc(N2CCCC2CN)cc1. The number of benzene rings is 1. The van der Waals surface area contributed by atoms with Gasteiger partial charge in [0.1, 0.15) is 5.75 Å². The number of methoxy groups -OCH3 is 1. The first-order chi connectivity index (χ1) is 7.35. The van der Waals surface area contributed by atoms with Crippen LogP contribution < -0.4 is 15.4 Å². The third kappa shape index (κ3) is 2.07. The third-order valence-electron chi connectivity index (χ3n) is 3.05. The number of ether oxygens (including phenoxy) is 1. The van der Waals surface area contributed by atoms with Crippen LogP contribution in [0.5, 0.6) is 5.75 Å². The van der Waals surface area contributed by atoms with Crippen LogP contribution >= 0.6 is 0 Å². The van der Waals surface area contributed by atoms with Crippen LogP contribution in [0.25, 0.3) is 0 Å². The van der Waals surface area contributed by atoms with Gasteiger partial charge in [-0.05, 0) is 37.1 Å². The van der Waals surface area contributed by atoms with Gasteiger partial charge in [0.15, 0.2) is 0 Å². The average Bonchev–Trinajstić information content (AvgIpc) is 2.77. The number of nitrogens with zero attached hydrogens (tertiary/aromatic N) is 1. The molecule has 15 heavy (non-hydrogen) atoms. The van der Waals surface area contributed by atoms with E-state index in [9.17, 15) is 0 Å². The minimum atomic E-state index is 0.512. The van der Waals surface area contributed by atoms with Gasteiger partial charge in [-0.3, -0.25) is 0 Å². The summed E-state index contributed by atoms with van der Waals surface area (Å²) in [6.45, 7) is 1.86. The van der Waals surface area contributed by atoms with Gasteiger partial charge in [0.2, 0.25) is 0 Å². The van der Waals surface area contributed by atoms with Gasteiger partial charge < -0.3 is 15.4 Å². The molecule has 1 unspecified atom stereocenters. The Labute approximate surface area is 90.8 Å². The molecule has 0 spiro atoms. The molecule has 1 atom stereocenters. The molecule has 82 valence electrons. The van der Waals surface area contributed by atoms with E-state index in [0.717, 1.165) is 18.8 Å². The van der Waals surface area contributed by atoms with Crippen LogP contribution in [0.2, 0.25) is 0 Å². The Hall–Kier alpha value is -1.22. The lowest BCUT2D eigenvalue weighted by Gasteiger charge is -2.25. The first-order valence-corrected chi connectivity index (χ1v) is 5.46. The second-order valence-corrected chi connectivity index (χ2v) is 3.92. The lowest BCUT2D eigenvalue weighted by Crippen LogP contribution is -2.35. The Balaban J connectivity index is 2.14. The average molecular weight is 206 g/mol. The van der Waals surface area contributed by atoms with Gasteiger partial charge >= 0.3 is 0 Å². The summed E-state index contributed by atoms with van der Waals surface area (Å²) in [7, 11) is 1.69. The third-order valence-corrected chi connectivity index (χ3v) is 3.05. The van der Waals surface area contributed by atoms with Crippen LogP contribution in [0.3, 0.4) is 0 Å². The highest BCUT2D eigenvalue weighted by Gasteiger charge is 2.22. The van der Waals surface area contributed by atoms with Crippen molar-refractivity contribution in [2.24, 2.45) is 5.73 Å². The lowest BCUT2D eigenvalue weighted by atomic mass is 10.2. The maximum absolute atomic E-state index is 5.75. The molecule has 1 aliphatic rings. The minimum absolute atomic E-state index is 0.512. The van der Waals surface area contributed by atoms with Crippen molar-refractivity contribution in [3.8, 4) is 5.75 Å². The Bertz CT molecular complexity index is 310. The van der Waals surface area contributed by atoms with Crippen molar-refractivity contribution in [3.63, 3.8) is 0 Å². The van der Waals surface area contributed by atoms with E-state index in [0.29, 0.717) is 6.04 Å². The Morgan fingerprint density at radius 2 is 2.13 bits per heavy atom. The summed E-state index contributed by atoms with van der Waals surface area (Å²) in [5.41, 5.74) is 7.00. The van der Waals surface area contributed by atoms with Crippen molar-refractivity contribution in [1.29, 1.82) is 0 Å². The zero-order valence-corrected chi connectivity index (χ0v) is 9.15. The molecule has 1 aromatic carbocycles. The summed E-state index contributed by atoms with van der Waals surface area (Å²) in [4.78, 5) is 2.39. The molecular weight excluding hydrogens is 188 g/mol. The first-order valence-electron chi connectivity index (χ1n) is 5.46. The molecule has 0 saturated carbocycles. The van der Waals surface area contributed by atoms with E-state index < -0.39 is 0 Å². The van der Waals surface area contributed by atoms with Crippen LogP contribution in [0.1, 0.15) is 12.8 Å². The molecule has 0 aromatic heterocycles. The number of nitrogens with two attached hydrogens (primary N) is 1. The molecule has 1 heterocycles. The second kappa shape index (κ2) is 4.53. The van der Waals surface area contributed by atoms with Gasteiger partial charge in [-0.2, -0.15) is 0 Å². The summed E-state index contributed by atoms with van der Waals surface area (Å²) in [5, 5.41) is 0. The van der Waals surface area contributed by atoms with Crippen LogP contribution in [0, 0.1) is 0 Å². The molecule has 0 radical (unpaired) electrons. The van der Waals surface area contributed by atoms with Crippen molar-refractivity contribution in [1.82, 2.24) is 0 Å². The maximum Gasteiger partial charge on any atom is 0.119 e. The number of hydrogen-bond donors (Lipinski definition) is 1. The predicted octanol–water partition coefficient (Wildman–Crippen LogP) is 1.62. The van der Waals surface area contributed by atoms with E-state index in [4.69, 9.17) is 10.5 Å². The second-order valence-electron chi connectivity index (χ2n) is 3.92. The molecule has 0 amide bonds. The lowest BCUT2D eigenvalue weighted by molar-refractivity contribution is 0.415. The van der Waals surface area contributed by atoms with Gasteiger partial charge in [-0.1, -0.05) is 0 Å². The molecule has 3 nitrogen and oxygen atoms in total. The summed E-state index contributed by atoms with van der Waals surface area (Å²) in [6, 6.07) is 8.72. The molecule has 0 aliphatic carbocycles. The number of anilines is 1. The predicted molar refractivity (Wildman–Crippen MR) is 62.4 cm³/mol. The van der Waals surface area contributed by atoms with Gasteiger partial charge in [0.25, 0.3) is 0 Å². The van der Waals surface area contributed by atoms with E-state index in [1.165, 1.54) is 18.5 Å². The van der Waals surface area contributed by atoms with Crippen molar-refractivity contribution in [2.75, 3.05) is 25.1 Å². The van der Waals surface area contributed by atoms with Crippen molar-refractivity contribution < 1.29 is 4.74 Å². The largest absolute Gasteiger partial charge is 0.497 e. The minimum Gasteiger partial charge on any atom is -0.497 e. The molecule has 1 aliphatic heterocycles. The fourth-order valence-electron chi connectivity index (χ4n) is 2.19. The van der Waals surface area contributed by atoms with Gasteiger partial charge in [-0.15, -0.1) is 0 Å². The van der Waals surface area contributed by atoms with E-state index in [2.05, 4.69) is 17.0 Å². The van der Waals surface area contributed by atoms with Crippen molar-refractivity contribution in [2.45, 2.75) is 18.9 Å². The standard InChI is InChI=1S/C12H18N2O/c1-15-12-6-4-10(5-7-12)14-8-2-3-11(14)9-13/h4-7,11H,2-3,8-9,13H2,1H3. The molecule has 2 rings (SSSR count). The molecule has 1 fully saturated rings. The summed E-state index contributed by atoms with van der Waals surface area (Å²) in [6.07, 6.45) is 2.45. The smallest absolute Gasteiger partial charge is 0.119 e. The topological polar surface area (TPSA) is 38.5 Å². The van der Waals surface area contributed by atoms with Crippen LogP contribution in [0.15, 0.2) is 24.3 Å². The molecule has 3 heteroatoms. The molecule has 0 bridgehead atoms. The molecule has 2 N–H and O–H groups in total. The van der Waals surface area contributed by atoms with E-state index in [-0.39, 0.29) is 0 Å². The van der Waals surface area contributed by atoms with E-state index in [1.54, 1.807) is 7.11 Å². The van der Waals surface area contributed by atoms with E-state index in [1.807, 2.05) is 12.1 Å². The van der Waals surface area contributed by atoms with Gasteiger partial charge in [0.05, 0.1) is 7.11 Å². The van der Waals surface area contributed by atoms with Crippen molar-refractivity contribution >= 4 is 5.69 Å². The Morgan fingerprint density at radius 3 is 2.73 bits per heavy atom. The van der Waals surface area contributed by atoms with Gasteiger partial charge in [0, 0.05) is 24.8 Å².